The van der Waals surface area contributed by atoms with Gasteiger partial charge >= 0.3 is 0 Å². The van der Waals surface area contributed by atoms with Gasteiger partial charge in [0.05, 0.1) is 10.6 Å². The van der Waals surface area contributed by atoms with Crippen molar-refractivity contribution in [1.29, 1.82) is 0 Å². The lowest BCUT2D eigenvalue weighted by atomic mass is 10.2. The average molecular weight is 353 g/mol. The Bertz CT molecular complexity index is 830. The number of hydrogen-bond donors (Lipinski definition) is 1. The maximum atomic E-state index is 12.1. The molecule has 0 atom stereocenters. The SMILES string of the molecule is O=C(CSc1cccc(NC(=O)c2cccs2)c1)c1ccccc1. The molecule has 0 fully saturated rings. The third-order valence-corrected chi connectivity index (χ3v) is 5.16. The van der Waals surface area contributed by atoms with Crippen LogP contribution in [0.15, 0.2) is 77.0 Å². The number of rotatable bonds is 6. The van der Waals surface area contributed by atoms with Crippen LogP contribution in [0.25, 0.3) is 0 Å². The monoisotopic (exact) mass is 353 g/mol. The summed E-state index contributed by atoms with van der Waals surface area (Å²) in [6.07, 6.45) is 0. The molecule has 2 aromatic carbocycles. The summed E-state index contributed by atoms with van der Waals surface area (Å²) in [7, 11) is 0. The Balaban J connectivity index is 1.61. The fraction of sp³-hybridized carbons (Fsp3) is 0.0526. The molecule has 3 nitrogen and oxygen atoms in total. The van der Waals surface area contributed by atoms with Gasteiger partial charge in [0, 0.05) is 16.1 Å². The third kappa shape index (κ3) is 4.34. The molecule has 0 aliphatic heterocycles. The van der Waals surface area contributed by atoms with E-state index in [1.165, 1.54) is 23.1 Å². The summed E-state index contributed by atoms with van der Waals surface area (Å²) >= 11 is 2.87. The molecule has 0 aliphatic carbocycles. The number of ketones is 1. The molecule has 0 unspecified atom stereocenters. The first-order valence-corrected chi connectivity index (χ1v) is 9.25. The first-order chi connectivity index (χ1) is 11.7. The number of thiophene rings is 1. The summed E-state index contributed by atoms with van der Waals surface area (Å²) in [6, 6.07) is 20.4. The molecule has 3 aromatic rings. The van der Waals surface area contributed by atoms with Gasteiger partial charge in [-0.1, -0.05) is 42.5 Å². The fourth-order valence-electron chi connectivity index (χ4n) is 2.12. The molecule has 0 saturated heterocycles. The van der Waals surface area contributed by atoms with Crippen molar-refractivity contribution >= 4 is 40.5 Å². The highest BCUT2D eigenvalue weighted by Crippen LogP contribution is 2.23. The van der Waals surface area contributed by atoms with Crippen molar-refractivity contribution < 1.29 is 9.59 Å². The maximum Gasteiger partial charge on any atom is 0.265 e. The predicted molar refractivity (Wildman–Crippen MR) is 100 cm³/mol. The van der Waals surface area contributed by atoms with Crippen LogP contribution in [-0.4, -0.2) is 17.4 Å². The second kappa shape index (κ2) is 7.95. The lowest BCUT2D eigenvalue weighted by Gasteiger charge is -2.06. The minimum atomic E-state index is -0.118. The number of amides is 1. The summed E-state index contributed by atoms with van der Waals surface area (Å²) in [6.45, 7) is 0. The van der Waals surface area contributed by atoms with Gasteiger partial charge in [0.1, 0.15) is 0 Å². The van der Waals surface area contributed by atoms with Crippen molar-refractivity contribution in [3.63, 3.8) is 0 Å². The highest BCUT2D eigenvalue weighted by molar-refractivity contribution is 8.00. The van der Waals surface area contributed by atoms with Crippen LogP contribution in [0.5, 0.6) is 0 Å². The lowest BCUT2D eigenvalue weighted by Crippen LogP contribution is -2.10. The van der Waals surface area contributed by atoms with Crippen LogP contribution < -0.4 is 5.32 Å². The Morgan fingerprint density at radius 1 is 0.958 bits per heavy atom. The van der Waals surface area contributed by atoms with Crippen LogP contribution in [0, 0.1) is 0 Å². The van der Waals surface area contributed by atoms with Crippen molar-refractivity contribution in [2.45, 2.75) is 4.90 Å². The number of Topliss-reactive ketones (excluding diaryl/α,β-unsaturated/α-hetero) is 1. The van der Waals surface area contributed by atoms with E-state index in [0.717, 1.165) is 10.6 Å². The average Bonchev–Trinajstić information content (AvgIpc) is 3.15. The summed E-state index contributed by atoms with van der Waals surface area (Å²) in [4.78, 5) is 25.8. The molecule has 120 valence electrons. The van der Waals surface area contributed by atoms with Crippen molar-refractivity contribution in [1.82, 2.24) is 0 Å². The van der Waals surface area contributed by atoms with E-state index in [1.54, 1.807) is 6.07 Å². The summed E-state index contributed by atoms with van der Waals surface area (Å²) < 4.78 is 0. The van der Waals surface area contributed by atoms with E-state index in [9.17, 15) is 9.59 Å². The molecule has 0 saturated carbocycles. The van der Waals surface area contributed by atoms with Crippen LogP contribution in [0.4, 0.5) is 5.69 Å². The van der Waals surface area contributed by atoms with Gasteiger partial charge in [0.2, 0.25) is 0 Å². The molecule has 0 bridgehead atoms. The summed E-state index contributed by atoms with van der Waals surface area (Å²) in [5.74, 6) is 0.341. The van der Waals surface area contributed by atoms with E-state index in [0.29, 0.717) is 16.2 Å². The van der Waals surface area contributed by atoms with Gasteiger partial charge in [0.15, 0.2) is 5.78 Å². The molecule has 1 N–H and O–H groups in total. The Kier molecular flexibility index (Phi) is 5.46. The van der Waals surface area contributed by atoms with Gasteiger partial charge in [-0.05, 0) is 29.6 Å². The molecule has 1 aromatic heterocycles. The van der Waals surface area contributed by atoms with E-state index in [2.05, 4.69) is 5.32 Å². The molecule has 5 heteroatoms. The minimum Gasteiger partial charge on any atom is -0.321 e. The second-order valence-electron chi connectivity index (χ2n) is 5.04. The van der Waals surface area contributed by atoms with Crippen LogP contribution in [0.2, 0.25) is 0 Å². The molecule has 0 spiro atoms. The molecular formula is C19H15NO2S2. The van der Waals surface area contributed by atoms with Gasteiger partial charge in [-0.25, -0.2) is 0 Å². The normalized spacial score (nSPS) is 10.3. The lowest BCUT2D eigenvalue weighted by molar-refractivity contribution is 0.101. The Morgan fingerprint density at radius 3 is 2.54 bits per heavy atom. The van der Waals surface area contributed by atoms with Crippen LogP contribution in [0.3, 0.4) is 0 Å². The smallest absolute Gasteiger partial charge is 0.265 e. The second-order valence-corrected chi connectivity index (χ2v) is 7.03. The van der Waals surface area contributed by atoms with E-state index < -0.39 is 0 Å². The first-order valence-electron chi connectivity index (χ1n) is 7.38. The summed E-state index contributed by atoms with van der Waals surface area (Å²) in [5.41, 5.74) is 1.44. The largest absolute Gasteiger partial charge is 0.321 e. The highest BCUT2D eigenvalue weighted by atomic mass is 32.2. The maximum absolute atomic E-state index is 12.1. The quantitative estimate of drug-likeness (QED) is 0.502. The third-order valence-electron chi connectivity index (χ3n) is 3.30. The molecule has 0 aliphatic rings. The summed E-state index contributed by atoms with van der Waals surface area (Å²) in [5, 5.41) is 4.75. The van der Waals surface area contributed by atoms with Gasteiger partial charge < -0.3 is 5.32 Å². The number of hydrogen-bond acceptors (Lipinski definition) is 4. The number of carbonyl (C=O) groups excluding carboxylic acids is 2. The number of benzene rings is 2. The minimum absolute atomic E-state index is 0.0913. The highest BCUT2D eigenvalue weighted by Gasteiger charge is 2.09. The molecule has 1 amide bonds. The van der Waals surface area contributed by atoms with Crippen molar-refractivity contribution in [3.8, 4) is 0 Å². The van der Waals surface area contributed by atoms with E-state index in [1.807, 2.05) is 66.0 Å². The van der Waals surface area contributed by atoms with Gasteiger partial charge in [-0.3, -0.25) is 9.59 Å². The zero-order valence-electron chi connectivity index (χ0n) is 12.8. The zero-order chi connectivity index (χ0) is 16.8. The van der Waals surface area contributed by atoms with Crippen LogP contribution in [-0.2, 0) is 0 Å². The fourth-order valence-corrected chi connectivity index (χ4v) is 3.59. The Morgan fingerprint density at radius 2 is 1.79 bits per heavy atom. The molecule has 3 rings (SSSR count). The topological polar surface area (TPSA) is 46.2 Å². The number of nitrogens with one attached hydrogen (secondary N) is 1. The van der Waals surface area contributed by atoms with E-state index >= 15 is 0 Å². The van der Waals surface area contributed by atoms with Crippen molar-refractivity contribution in [2.24, 2.45) is 0 Å². The van der Waals surface area contributed by atoms with Crippen molar-refractivity contribution in [3.05, 3.63) is 82.6 Å². The van der Waals surface area contributed by atoms with Crippen LogP contribution in [0.1, 0.15) is 20.0 Å². The molecule has 0 radical (unpaired) electrons. The first kappa shape index (κ1) is 16.5. The van der Waals surface area contributed by atoms with Crippen LogP contribution >= 0.6 is 23.1 Å². The Hall–Kier alpha value is -2.37. The van der Waals surface area contributed by atoms with Gasteiger partial charge in [-0.2, -0.15) is 0 Å². The number of thioether (sulfide) groups is 1. The zero-order valence-corrected chi connectivity index (χ0v) is 14.4. The Labute approximate surface area is 148 Å². The molecule has 24 heavy (non-hydrogen) atoms. The number of anilines is 1. The molecular weight excluding hydrogens is 338 g/mol. The van der Waals surface area contributed by atoms with E-state index in [4.69, 9.17) is 0 Å². The standard InChI is InChI=1S/C19H15NO2S2/c21-17(14-6-2-1-3-7-14)13-24-16-9-4-8-15(12-16)20-19(22)18-10-5-11-23-18/h1-12H,13H2,(H,20,22). The van der Waals surface area contributed by atoms with Crippen molar-refractivity contribution in [2.75, 3.05) is 11.1 Å². The predicted octanol–water partition coefficient (Wildman–Crippen LogP) is 4.98. The molecule has 1 heterocycles. The van der Waals surface area contributed by atoms with E-state index in [-0.39, 0.29) is 11.7 Å². The number of carbonyl (C=O) groups is 2. The van der Waals surface area contributed by atoms with Gasteiger partial charge in [0.25, 0.3) is 5.91 Å². The van der Waals surface area contributed by atoms with Gasteiger partial charge in [-0.15, -0.1) is 23.1 Å².